The topological polar surface area (TPSA) is 84.9 Å². The van der Waals surface area contributed by atoms with E-state index in [1.54, 1.807) is 20.8 Å². The lowest BCUT2D eigenvalue weighted by Crippen LogP contribution is -2.46. The van der Waals surface area contributed by atoms with Gasteiger partial charge in [-0.3, -0.25) is 0 Å². The Hall–Kier alpha value is -2.45. The van der Waals surface area contributed by atoms with Crippen LogP contribution in [0.3, 0.4) is 0 Å². The van der Waals surface area contributed by atoms with Crippen molar-refractivity contribution in [3.8, 4) is 5.75 Å². The lowest BCUT2D eigenvalue weighted by Gasteiger charge is -2.25. The third kappa shape index (κ3) is 7.32. The number of carbonyl (C=O) groups is 2. The van der Waals surface area contributed by atoms with Gasteiger partial charge in [-0.25, -0.2) is 9.59 Å². The number of hydrogen-bond acceptors (Lipinski definition) is 4. The average Bonchev–Trinajstić information content (AvgIpc) is 2.41. The van der Waals surface area contributed by atoms with Crippen LogP contribution in [0, 0.1) is 0 Å². The summed E-state index contributed by atoms with van der Waals surface area (Å²) in [5.74, 6) is -2.44. The van der Waals surface area contributed by atoms with Crippen LogP contribution >= 0.6 is 0 Å². The van der Waals surface area contributed by atoms with Gasteiger partial charge in [-0.05, 0) is 38.5 Å². The molecule has 0 aromatic heterocycles. The molecule has 6 nitrogen and oxygen atoms in total. The molecular formula is C16H20F3NO5. The Balaban J connectivity index is 2.87. The van der Waals surface area contributed by atoms with Crippen LogP contribution < -0.4 is 10.1 Å². The van der Waals surface area contributed by atoms with Gasteiger partial charge in [0.1, 0.15) is 17.4 Å². The molecule has 2 N–H and O–H groups in total. The van der Waals surface area contributed by atoms with E-state index in [9.17, 15) is 27.9 Å². The second-order valence-corrected chi connectivity index (χ2v) is 6.37. The molecule has 0 radical (unpaired) electrons. The number of hydrogen-bond donors (Lipinski definition) is 2. The Morgan fingerprint density at radius 2 is 1.64 bits per heavy atom. The zero-order valence-corrected chi connectivity index (χ0v) is 14.2. The molecule has 1 amide bonds. The first-order valence-corrected chi connectivity index (χ1v) is 7.36. The second-order valence-electron chi connectivity index (χ2n) is 6.37. The number of carboxylic acid groups (broad SMARTS) is 1. The van der Waals surface area contributed by atoms with Crippen LogP contribution in [-0.2, 0) is 9.53 Å². The highest BCUT2D eigenvalue weighted by Crippen LogP contribution is 2.26. The van der Waals surface area contributed by atoms with Gasteiger partial charge < -0.3 is 19.9 Å². The normalized spacial score (nSPS) is 14.4. The van der Waals surface area contributed by atoms with Crippen LogP contribution in [0.15, 0.2) is 24.3 Å². The Labute approximate surface area is 142 Å². The zero-order chi connectivity index (χ0) is 19.4. The summed E-state index contributed by atoms with van der Waals surface area (Å²) in [6, 6.07) is 3.44. The summed E-state index contributed by atoms with van der Waals surface area (Å²) in [6.45, 7) is 6.41. The highest BCUT2D eigenvalue weighted by Gasteiger charge is 2.32. The van der Waals surface area contributed by atoms with Crippen molar-refractivity contribution >= 4 is 12.1 Å². The van der Waals surface area contributed by atoms with Gasteiger partial charge in [-0.2, -0.15) is 0 Å². The van der Waals surface area contributed by atoms with E-state index in [1.807, 2.05) is 0 Å². The van der Waals surface area contributed by atoms with Crippen LogP contribution in [0.4, 0.5) is 18.0 Å². The van der Waals surface area contributed by atoms with Crippen molar-refractivity contribution in [2.45, 2.75) is 51.6 Å². The standard InChI is InChI=1S/C16H20F3NO5/c1-9(10-5-7-11(8-6-10)24-16(17,18)19)12(13(21)22)20-14(23)25-15(2,3)4/h5-9,12H,1-4H3,(H,20,23)(H,21,22)/t9-,12+/m1/s1. The molecule has 1 aromatic carbocycles. The molecule has 0 fully saturated rings. The molecular weight excluding hydrogens is 343 g/mol. The summed E-state index contributed by atoms with van der Waals surface area (Å²) in [5, 5.41) is 11.6. The third-order valence-electron chi connectivity index (χ3n) is 3.08. The first-order valence-electron chi connectivity index (χ1n) is 7.36. The lowest BCUT2D eigenvalue weighted by molar-refractivity contribution is -0.274. The average molecular weight is 363 g/mol. The van der Waals surface area contributed by atoms with E-state index in [-0.39, 0.29) is 0 Å². The van der Waals surface area contributed by atoms with Crippen LogP contribution in [0.25, 0.3) is 0 Å². The van der Waals surface area contributed by atoms with E-state index >= 15 is 0 Å². The molecule has 0 aliphatic rings. The van der Waals surface area contributed by atoms with Crippen molar-refractivity contribution in [2.75, 3.05) is 0 Å². The minimum absolute atomic E-state index is 0.415. The predicted octanol–water partition coefficient (Wildman–Crippen LogP) is 3.67. The van der Waals surface area contributed by atoms with Crippen LogP contribution in [-0.4, -0.2) is 35.2 Å². The second kappa shape index (κ2) is 7.62. The van der Waals surface area contributed by atoms with Crippen molar-refractivity contribution in [3.63, 3.8) is 0 Å². The summed E-state index contributed by atoms with van der Waals surface area (Å²) >= 11 is 0. The smallest absolute Gasteiger partial charge is 0.480 e. The third-order valence-corrected chi connectivity index (χ3v) is 3.08. The van der Waals surface area contributed by atoms with Gasteiger partial charge in [0.2, 0.25) is 0 Å². The van der Waals surface area contributed by atoms with Crippen molar-refractivity contribution in [1.82, 2.24) is 5.32 Å². The molecule has 140 valence electrons. The summed E-state index contributed by atoms with van der Waals surface area (Å²) in [5.41, 5.74) is -0.384. The maximum Gasteiger partial charge on any atom is 0.573 e. The Morgan fingerprint density at radius 1 is 1.12 bits per heavy atom. The van der Waals surface area contributed by atoms with E-state index < -0.39 is 41.7 Å². The number of carbonyl (C=O) groups excluding carboxylic acids is 1. The maximum atomic E-state index is 12.2. The Morgan fingerprint density at radius 3 is 2.04 bits per heavy atom. The number of aliphatic carboxylic acids is 1. The molecule has 0 saturated carbocycles. The number of alkyl carbamates (subject to hydrolysis) is 1. The van der Waals surface area contributed by atoms with Crippen molar-refractivity contribution < 1.29 is 37.3 Å². The molecule has 0 aliphatic heterocycles. The number of alkyl halides is 3. The molecule has 1 aromatic rings. The molecule has 2 atom stereocenters. The van der Waals surface area contributed by atoms with Gasteiger partial charge in [0.15, 0.2) is 0 Å². The molecule has 25 heavy (non-hydrogen) atoms. The predicted molar refractivity (Wildman–Crippen MR) is 82.3 cm³/mol. The van der Waals surface area contributed by atoms with Crippen molar-refractivity contribution in [3.05, 3.63) is 29.8 Å². The number of halogens is 3. The minimum Gasteiger partial charge on any atom is -0.480 e. The van der Waals surface area contributed by atoms with Gasteiger partial charge >= 0.3 is 18.4 Å². The minimum atomic E-state index is -4.81. The summed E-state index contributed by atoms with van der Waals surface area (Å²) in [6.07, 6.45) is -5.71. The largest absolute Gasteiger partial charge is 0.573 e. The van der Waals surface area contributed by atoms with Gasteiger partial charge in [0.05, 0.1) is 0 Å². The zero-order valence-electron chi connectivity index (χ0n) is 14.2. The molecule has 9 heteroatoms. The molecule has 0 unspecified atom stereocenters. The fourth-order valence-corrected chi connectivity index (χ4v) is 2.00. The van der Waals surface area contributed by atoms with Gasteiger partial charge in [-0.1, -0.05) is 19.1 Å². The van der Waals surface area contributed by atoms with Crippen molar-refractivity contribution in [1.29, 1.82) is 0 Å². The van der Waals surface area contributed by atoms with Gasteiger partial charge in [0, 0.05) is 5.92 Å². The van der Waals surface area contributed by atoms with E-state index in [4.69, 9.17) is 4.74 Å². The first-order chi connectivity index (χ1) is 11.3. The molecule has 0 spiro atoms. The van der Waals surface area contributed by atoms with Gasteiger partial charge in [0.25, 0.3) is 0 Å². The molecule has 0 heterocycles. The number of carboxylic acids is 1. The monoisotopic (exact) mass is 363 g/mol. The Kier molecular flexibility index (Phi) is 6.28. The molecule has 0 saturated heterocycles. The SMILES string of the molecule is C[C@H](c1ccc(OC(F)(F)F)cc1)[C@H](NC(=O)OC(C)(C)C)C(=O)O. The number of nitrogens with one attached hydrogen (secondary N) is 1. The highest BCUT2D eigenvalue weighted by atomic mass is 19.4. The van der Waals surface area contributed by atoms with Crippen molar-refractivity contribution in [2.24, 2.45) is 0 Å². The molecule has 0 aliphatic carbocycles. The Bertz CT molecular complexity index is 608. The number of ether oxygens (including phenoxy) is 2. The van der Waals surface area contributed by atoms with E-state index in [1.165, 1.54) is 19.1 Å². The van der Waals surface area contributed by atoms with E-state index in [0.717, 1.165) is 12.1 Å². The van der Waals surface area contributed by atoms with E-state index in [0.29, 0.717) is 5.56 Å². The van der Waals surface area contributed by atoms with Crippen LogP contribution in [0.1, 0.15) is 39.2 Å². The van der Waals surface area contributed by atoms with Crippen LogP contribution in [0.2, 0.25) is 0 Å². The maximum absolute atomic E-state index is 12.2. The summed E-state index contributed by atoms with van der Waals surface area (Å²) < 4.78 is 45.2. The fraction of sp³-hybridized carbons (Fsp3) is 0.500. The fourth-order valence-electron chi connectivity index (χ4n) is 2.00. The quantitative estimate of drug-likeness (QED) is 0.834. The first kappa shape index (κ1) is 20.6. The highest BCUT2D eigenvalue weighted by molar-refractivity contribution is 5.81. The molecule has 1 rings (SSSR count). The van der Waals surface area contributed by atoms with Crippen LogP contribution in [0.5, 0.6) is 5.75 Å². The van der Waals surface area contributed by atoms with E-state index in [2.05, 4.69) is 10.1 Å². The lowest BCUT2D eigenvalue weighted by atomic mass is 9.93. The number of amides is 1. The number of benzene rings is 1. The number of rotatable bonds is 5. The summed E-state index contributed by atoms with van der Waals surface area (Å²) in [7, 11) is 0. The summed E-state index contributed by atoms with van der Waals surface area (Å²) in [4.78, 5) is 23.2. The van der Waals surface area contributed by atoms with Gasteiger partial charge in [-0.15, -0.1) is 13.2 Å². The molecule has 0 bridgehead atoms.